The normalized spacial score (nSPS) is 9.58. The highest BCUT2D eigenvalue weighted by Gasteiger charge is 2.00. The number of rotatable bonds is 3. The molecule has 0 aromatic heterocycles. The minimum Gasteiger partial charge on any atom is -0.495 e. The van der Waals surface area contributed by atoms with E-state index >= 15 is 0 Å². The van der Waals surface area contributed by atoms with Gasteiger partial charge in [-0.1, -0.05) is 15.9 Å². The molecule has 0 heterocycles. The van der Waals surface area contributed by atoms with Gasteiger partial charge in [0.1, 0.15) is 5.75 Å². The smallest absolute Gasteiger partial charge is 0.142 e. The van der Waals surface area contributed by atoms with Crippen molar-refractivity contribution in [3.05, 3.63) is 22.7 Å². The van der Waals surface area contributed by atoms with Gasteiger partial charge < -0.3 is 10.1 Å². The molecule has 0 atom stereocenters. The average Bonchev–Trinajstić information content (AvgIpc) is 2.05. The summed E-state index contributed by atoms with van der Waals surface area (Å²) in [4.78, 5) is 0. The summed E-state index contributed by atoms with van der Waals surface area (Å²) in [6.45, 7) is 2.95. The molecule has 12 heavy (non-hydrogen) atoms. The molecule has 0 spiro atoms. The molecule has 1 N–H and O–H groups in total. The molecule has 0 saturated carbocycles. The number of benzene rings is 1. The summed E-state index contributed by atoms with van der Waals surface area (Å²) >= 11 is 3.40. The number of hydrogen-bond acceptors (Lipinski definition) is 2. The third-order valence-electron chi connectivity index (χ3n) is 1.53. The number of nitrogens with one attached hydrogen (secondary N) is 1. The first-order valence-electron chi connectivity index (χ1n) is 3.85. The molecule has 2 nitrogen and oxygen atoms in total. The Labute approximate surface area is 81.1 Å². The lowest BCUT2D eigenvalue weighted by Gasteiger charge is -2.09. The molecule has 0 amide bonds. The second-order valence-corrected chi connectivity index (χ2v) is 3.29. The molecule has 0 unspecified atom stereocenters. The van der Waals surface area contributed by atoms with Crippen molar-refractivity contribution >= 4 is 21.6 Å². The van der Waals surface area contributed by atoms with Crippen molar-refractivity contribution in [3.8, 4) is 5.75 Å². The van der Waals surface area contributed by atoms with E-state index in [-0.39, 0.29) is 0 Å². The number of anilines is 1. The number of ether oxygens (including phenoxy) is 1. The second kappa shape index (κ2) is 4.36. The topological polar surface area (TPSA) is 21.3 Å². The summed E-state index contributed by atoms with van der Waals surface area (Å²) in [5.41, 5.74) is 1.02. The Morgan fingerprint density at radius 3 is 2.83 bits per heavy atom. The van der Waals surface area contributed by atoms with E-state index in [2.05, 4.69) is 28.2 Å². The summed E-state index contributed by atoms with van der Waals surface area (Å²) in [5.74, 6) is 0.875. The third kappa shape index (κ3) is 2.14. The third-order valence-corrected chi connectivity index (χ3v) is 2.02. The predicted octanol–water partition coefficient (Wildman–Crippen LogP) is 2.89. The molecule has 0 bridgehead atoms. The van der Waals surface area contributed by atoms with E-state index < -0.39 is 0 Å². The van der Waals surface area contributed by atoms with Crippen LogP contribution >= 0.6 is 15.9 Å². The fraction of sp³-hybridized carbons (Fsp3) is 0.333. The average molecular weight is 230 g/mol. The van der Waals surface area contributed by atoms with Crippen molar-refractivity contribution in [2.24, 2.45) is 0 Å². The minimum absolute atomic E-state index is 0.875. The van der Waals surface area contributed by atoms with Gasteiger partial charge in [0.25, 0.3) is 0 Å². The van der Waals surface area contributed by atoms with Crippen molar-refractivity contribution in [2.75, 3.05) is 19.0 Å². The molecule has 0 aliphatic carbocycles. The van der Waals surface area contributed by atoms with Crippen LogP contribution in [0.2, 0.25) is 0 Å². The highest BCUT2D eigenvalue weighted by molar-refractivity contribution is 9.10. The van der Waals surface area contributed by atoms with Crippen molar-refractivity contribution in [1.29, 1.82) is 0 Å². The lowest BCUT2D eigenvalue weighted by atomic mass is 10.3. The summed E-state index contributed by atoms with van der Waals surface area (Å²) in [6, 6.07) is 5.89. The van der Waals surface area contributed by atoms with E-state index in [9.17, 15) is 0 Å². The van der Waals surface area contributed by atoms with Gasteiger partial charge >= 0.3 is 0 Å². The van der Waals surface area contributed by atoms with E-state index in [0.717, 1.165) is 22.5 Å². The zero-order valence-electron chi connectivity index (χ0n) is 7.23. The summed E-state index contributed by atoms with van der Waals surface area (Å²) in [5, 5.41) is 3.21. The van der Waals surface area contributed by atoms with Gasteiger partial charge in [-0.05, 0) is 25.1 Å². The van der Waals surface area contributed by atoms with Crippen LogP contribution in [0.1, 0.15) is 6.92 Å². The summed E-state index contributed by atoms with van der Waals surface area (Å²) in [6.07, 6.45) is 0. The van der Waals surface area contributed by atoms with Gasteiger partial charge in [0.2, 0.25) is 0 Å². The van der Waals surface area contributed by atoms with E-state index in [4.69, 9.17) is 4.74 Å². The van der Waals surface area contributed by atoms with Crippen LogP contribution in [-0.2, 0) is 0 Å². The highest BCUT2D eigenvalue weighted by Crippen LogP contribution is 2.27. The molecule has 66 valence electrons. The quantitative estimate of drug-likeness (QED) is 0.861. The molecule has 0 fully saturated rings. The molecule has 0 radical (unpaired) electrons. The lowest BCUT2D eigenvalue weighted by Crippen LogP contribution is -1.98. The lowest BCUT2D eigenvalue weighted by molar-refractivity contribution is 0.416. The Bertz CT molecular complexity index is 263. The maximum absolute atomic E-state index is 5.17. The maximum Gasteiger partial charge on any atom is 0.142 e. The Morgan fingerprint density at radius 1 is 1.50 bits per heavy atom. The van der Waals surface area contributed by atoms with Gasteiger partial charge in [0, 0.05) is 11.0 Å². The van der Waals surface area contributed by atoms with Crippen molar-refractivity contribution in [1.82, 2.24) is 0 Å². The van der Waals surface area contributed by atoms with E-state index in [1.807, 2.05) is 18.2 Å². The molecule has 3 heteroatoms. The van der Waals surface area contributed by atoms with Crippen LogP contribution in [-0.4, -0.2) is 13.7 Å². The van der Waals surface area contributed by atoms with Gasteiger partial charge in [-0.2, -0.15) is 0 Å². The zero-order valence-corrected chi connectivity index (χ0v) is 8.81. The van der Waals surface area contributed by atoms with Gasteiger partial charge in [0.15, 0.2) is 0 Å². The van der Waals surface area contributed by atoms with E-state index in [0.29, 0.717) is 0 Å². The monoisotopic (exact) mass is 229 g/mol. The highest BCUT2D eigenvalue weighted by atomic mass is 79.9. The Kier molecular flexibility index (Phi) is 3.41. The zero-order chi connectivity index (χ0) is 8.97. The standard InChI is InChI=1S/C9H12BrNO/c1-3-11-8-6-7(10)4-5-9(8)12-2/h4-6,11H,3H2,1-2H3. The molecule has 0 aliphatic rings. The van der Waals surface area contributed by atoms with E-state index in [1.54, 1.807) is 7.11 Å². The predicted molar refractivity (Wildman–Crippen MR) is 54.9 cm³/mol. The van der Waals surface area contributed by atoms with Crippen LogP contribution in [0.25, 0.3) is 0 Å². The van der Waals surface area contributed by atoms with E-state index in [1.165, 1.54) is 0 Å². The first-order chi connectivity index (χ1) is 5.77. The van der Waals surface area contributed by atoms with Gasteiger partial charge in [-0.15, -0.1) is 0 Å². The number of halogens is 1. The van der Waals surface area contributed by atoms with Crippen LogP contribution in [0, 0.1) is 0 Å². The fourth-order valence-electron chi connectivity index (χ4n) is 1.01. The number of hydrogen-bond donors (Lipinski definition) is 1. The van der Waals surface area contributed by atoms with Crippen LogP contribution in [0.4, 0.5) is 5.69 Å². The van der Waals surface area contributed by atoms with Crippen molar-refractivity contribution in [3.63, 3.8) is 0 Å². The molecule has 1 rings (SSSR count). The SMILES string of the molecule is CCNc1cc(Br)ccc1OC. The summed E-state index contributed by atoms with van der Waals surface area (Å²) in [7, 11) is 1.67. The van der Waals surface area contributed by atoms with Crippen LogP contribution in [0.15, 0.2) is 22.7 Å². The number of methoxy groups -OCH3 is 1. The minimum atomic E-state index is 0.875. The molecule has 0 aliphatic heterocycles. The first kappa shape index (κ1) is 9.39. The van der Waals surface area contributed by atoms with Gasteiger partial charge in [-0.3, -0.25) is 0 Å². The fourth-order valence-corrected chi connectivity index (χ4v) is 1.37. The van der Waals surface area contributed by atoms with Gasteiger partial charge in [0.05, 0.1) is 12.8 Å². The first-order valence-corrected chi connectivity index (χ1v) is 4.64. The van der Waals surface area contributed by atoms with Crippen molar-refractivity contribution in [2.45, 2.75) is 6.92 Å². The Morgan fingerprint density at radius 2 is 2.25 bits per heavy atom. The maximum atomic E-state index is 5.17. The van der Waals surface area contributed by atoms with Gasteiger partial charge in [-0.25, -0.2) is 0 Å². The second-order valence-electron chi connectivity index (χ2n) is 2.37. The Hall–Kier alpha value is -0.700. The largest absolute Gasteiger partial charge is 0.495 e. The molecular formula is C9H12BrNO. The van der Waals surface area contributed by atoms with Crippen LogP contribution < -0.4 is 10.1 Å². The van der Waals surface area contributed by atoms with Crippen LogP contribution in [0.3, 0.4) is 0 Å². The summed E-state index contributed by atoms with van der Waals surface area (Å²) < 4.78 is 6.22. The Balaban J connectivity index is 2.95. The molecular weight excluding hydrogens is 218 g/mol. The molecule has 1 aromatic rings. The molecule has 1 aromatic carbocycles. The molecule has 0 saturated heterocycles. The van der Waals surface area contributed by atoms with Crippen molar-refractivity contribution < 1.29 is 4.74 Å². The van der Waals surface area contributed by atoms with Crippen LogP contribution in [0.5, 0.6) is 5.75 Å².